The van der Waals surface area contributed by atoms with Gasteiger partial charge < -0.3 is 20.4 Å². The highest BCUT2D eigenvalue weighted by Crippen LogP contribution is 2.26. The summed E-state index contributed by atoms with van der Waals surface area (Å²) in [5.74, 6) is 1.58. The van der Waals surface area contributed by atoms with Crippen molar-refractivity contribution < 1.29 is 4.79 Å². The lowest BCUT2D eigenvalue weighted by atomic mass is 9.91. The van der Waals surface area contributed by atoms with E-state index in [4.69, 9.17) is 9.97 Å². The maximum atomic E-state index is 12.6. The summed E-state index contributed by atoms with van der Waals surface area (Å²) < 4.78 is 0. The Kier molecular flexibility index (Phi) is 6.44. The van der Waals surface area contributed by atoms with Crippen LogP contribution in [0.3, 0.4) is 0 Å². The van der Waals surface area contributed by atoms with Crippen LogP contribution in [0.4, 0.5) is 17.5 Å². The van der Waals surface area contributed by atoms with Crippen LogP contribution in [-0.4, -0.2) is 56.1 Å². The maximum Gasteiger partial charge on any atom is 0.251 e. The second-order valence-corrected chi connectivity index (χ2v) is 8.89. The third-order valence-electron chi connectivity index (χ3n) is 6.05. The fraction of sp³-hybridized carbons (Fsp3) is 0.400. The fourth-order valence-electron chi connectivity index (χ4n) is 4.21. The van der Waals surface area contributed by atoms with E-state index >= 15 is 0 Å². The highest BCUT2D eigenvalue weighted by atomic mass is 16.1. The molecule has 168 valence electrons. The summed E-state index contributed by atoms with van der Waals surface area (Å²) in [5.41, 5.74) is 2.73. The Bertz CT molecular complexity index is 1070. The van der Waals surface area contributed by atoms with Crippen molar-refractivity contribution in [1.82, 2.24) is 15.3 Å². The summed E-state index contributed by atoms with van der Waals surface area (Å²) in [7, 11) is 7.98. The Morgan fingerprint density at radius 3 is 2.16 bits per heavy atom. The molecule has 4 rings (SSSR count). The van der Waals surface area contributed by atoms with Crippen molar-refractivity contribution in [3.8, 4) is 0 Å². The minimum absolute atomic E-state index is 0.000188. The van der Waals surface area contributed by atoms with Gasteiger partial charge in [-0.05, 0) is 62.1 Å². The van der Waals surface area contributed by atoms with Crippen molar-refractivity contribution in [2.45, 2.75) is 37.8 Å². The highest BCUT2D eigenvalue weighted by Gasteiger charge is 2.24. The normalized spacial score (nSPS) is 18.2. The minimum atomic E-state index is 0.000188. The van der Waals surface area contributed by atoms with Crippen molar-refractivity contribution in [2.75, 3.05) is 43.3 Å². The number of anilines is 3. The summed E-state index contributed by atoms with van der Waals surface area (Å²) in [5, 5.41) is 7.77. The summed E-state index contributed by atoms with van der Waals surface area (Å²) in [6.45, 7) is 0. The summed E-state index contributed by atoms with van der Waals surface area (Å²) in [6, 6.07) is 16.3. The van der Waals surface area contributed by atoms with Crippen molar-refractivity contribution in [3.63, 3.8) is 0 Å². The second-order valence-electron chi connectivity index (χ2n) is 8.89. The van der Waals surface area contributed by atoms with Gasteiger partial charge in [-0.1, -0.05) is 12.1 Å². The SMILES string of the molecule is CN(C)c1ccc(C(=O)NC2CCC(Nc3nc(N(C)C)c4ccccc4n3)CC2)cc1. The van der Waals surface area contributed by atoms with Gasteiger partial charge in [-0.25, -0.2) is 4.98 Å². The maximum absolute atomic E-state index is 12.6. The van der Waals surface area contributed by atoms with Crippen LogP contribution < -0.4 is 20.4 Å². The predicted octanol–water partition coefficient (Wildman–Crippen LogP) is 3.91. The molecule has 3 aromatic rings. The molecule has 2 aromatic carbocycles. The number of amides is 1. The fourth-order valence-corrected chi connectivity index (χ4v) is 4.21. The zero-order valence-corrected chi connectivity index (χ0v) is 19.3. The molecule has 7 nitrogen and oxygen atoms in total. The zero-order chi connectivity index (χ0) is 22.7. The van der Waals surface area contributed by atoms with Crippen LogP contribution in [0, 0.1) is 0 Å². The number of carbonyl (C=O) groups is 1. The molecule has 1 amide bonds. The number of carbonyl (C=O) groups excluding carboxylic acids is 1. The lowest BCUT2D eigenvalue weighted by molar-refractivity contribution is 0.0926. The van der Waals surface area contributed by atoms with E-state index in [0.717, 1.165) is 48.1 Å². The van der Waals surface area contributed by atoms with E-state index in [1.807, 2.05) is 80.5 Å². The zero-order valence-electron chi connectivity index (χ0n) is 19.3. The first-order valence-corrected chi connectivity index (χ1v) is 11.2. The highest BCUT2D eigenvalue weighted by molar-refractivity contribution is 5.94. The first kappa shape index (κ1) is 21.9. The Morgan fingerprint density at radius 1 is 0.844 bits per heavy atom. The summed E-state index contributed by atoms with van der Waals surface area (Å²) in [4.78, 5) is 26.1. The van der Waals surface area contributed by atoms with Gasteiger partial charge in [0.05, 0.1) is 5.52 Å². The summed E-state index contributed by atoms with van der Waals surface area (Å²) in [6.07, 6.45) is 3.82. The van der Waals surface area contributed by atoms with Crippen LogP contribution in [0.25, 0.3) is 10.9 Å². The van der Waals surface area contributed by atoms with E-state index in [1.54, 1.807) is 0 Å². The first-order chi connectivity index (χ1) is 15.4. The largest absolute Gasteiger partial charge is 0.378 e. The molecule has 0 spiro atoms. The number of nitrogens with one attached hydrogen (secondary N) is 2. The van der Waals surface area contributed by atoms with E-state index in [0.29, 0.717) is 17.6 Å². The average molecular weight is 433 g/mol. The van der Waals surface area contributed by atoms with E-state index in [2.05, 4.69) is 16.7 Å². The number of hydrogen-bond acceptors (Lipinski definition) is 6. The quantitative estimate of drug-likeness (QED) is 0.615. The number of nitrogens with zero attached hydrogens (tertiary/aromatic N) is 4. The molecule has 0 aliphatic heterocycles. The number of aromatic nitrogens is 2. The van der Waals surface area contributed by atoms with E-state index in [1.165, 1.54) is 0 Å². The molecule has 7 heteroatoms. The van der Waals surface area contributed by atoms with Gasteiger partial charge in [0.2, 0.25) is 5.95 Å². The Morgan fingerprint density at radius 2 is 1.50 bits per heavy atom. The summed E-state index contributed by atoms with van der Waals surface area (Å²) >= 11 is 0. The number of para-hydroxylation sites is 1. The minimum Gasteiger partial charge on any atom is -0.378 e. The van der Waals surface area contributed by atoms with Gasteiger partial charge in [0.15, 0.2) is 0 Å². The van der Waals surface area contributed by atoms with Crippen LogP contribution in [-0.2, 0) is 0 Å². The van der Waals surface area contributed by atoms with Crippen LogP contribution >= 0.6 is 0 Å². The van der Waals surface area contributed by atoms with Crippen molar-refractivity contribution in [1.29, 1.82) is 0 Å². The van der Waals surface area contributed by atoms with Crippen molar-refractivity contribution in [2.24, 2.45) is 0 Å². The Balaban J connectivity index is 1.34. The topological polar surface area (TPSA) is 73.4 Å². The van der Waals surface area contributed by atoms with E-state index in [-0.39, 0.29) is 11.9 Å². The van der Waals surface area contributed by atoms with E-state index < -0.39 is 0 Å². The van der Waals surface area contributed by atoms with Crippen LogP contribution in [0.2, 0.25) is 0 Å². The average Bonchev–Trinajstić information content (AvgIpc) is 2.79. The third kappa shape index (κ3) is 4.93. The molecule has 32 heavy (non-hydrogen) atoms. The Hall–Kier alpha value is -3.35. The number of benzene rings is 2. The second kappa shape index (κ2) is 9.42. The molecule has 2 N–H and O–H groups in total. The smallest absolute Gasteiger partial charge is 0.251 e. The molecular formula is C25H32N6O. The first-order valence-electron chi connectivity index (χ1n) is 11.2. The van der Waals surface area contributed by atoms with Crippen LogP contribution in [0.5, 0.6) is 0 Å². The molecule has 0 unspecified atom stereocenters. The lowest BCUT2D eigenvalue weighted by Crippen LogP contribution is -2.40. The molecule has 0 saturated heterocycles. The molecule has 1 fully saturated rings. The third-order valence-corrected chi connectivity index (χ3v) is 6.05. The number of hydrogen-bond donors (Lipinski definition) is 2. The number of rotatable bonds is 6. The van der Waals surface area contributed by atoms with Gasteiger partial charge >= 0.3 is 0 Å². The van der Waals surface area contributed by atoms with Gasteiger partial charge in [-0.15, -0.1) is 0 Å². The molecule has 1 heterocycles. The molecule has 1 aliphatic carbocycles. The monoisotopic (exact) mass is 432 g/mol. The predicted molar refractivity (Wildman–Crippen MR) is 132 cm³/mol. The molecule has 1 aromatic heterocycles. The van der Waals surface area contributed by atoms with Crippen molar-refractivity contribution >= 4 is 34.3 Å². The van der Waals surface area contributed by atoms with Gasteiger partial charge in [0, 0.05) is 56.9 Å². The molecule has 1 saturated carbocycles. The van der Waals surface area contributed by atoms with Crippen molar-refractivity contribution in [3.05, 3.63) is 54.1 Å². The van der Waals surface area contributed by atoms with Gasteiger partial charge in [0.1, 0.15) is 5.82 Å². The molecule has 0 radical (unpaired) electrons. The van der Waals surface area contributed by atoms with E-state index in [9.17, 15) is 4.79 Å². The molecular weight excluding hydrogens is 400 g/mol. The van der Waals surface area contributed by atoms with Crippen LogP contribution in [0.15, 0.2) is 48.5 Å². The molecule has 0 bridgehead atoms. The standard InChI is InChI=1S/C25H32N6O/c1-30(2)20-15-9-17(10-16-20)24(32)26-18-11-13-19(14-12-18)27-25-28-22-8-6-5-7-21(22)23(29-25)31(3)4/h5-10,15-16,18-19H,11-14H2,1-4H3,(H,26,32)(H,27,28,29). The molecule has 1 aliphatic rings. The van der Waals surface area contributed by atoms with Gasteiger partial charge in [0.25, 0.3) is 5.91 Å². The van der Waals surface area contributed by atoms with Crippen LogP contribution in [0.1, 0.15) is 36.0 Å². The van der Waals surface area contributed by atoms with Gasteiger partial charge in [-0.3, -0.25) is 4.79 Å². The lowest BCUT2D eigenvalue weighted by Gasteiger charge is -2.30. The molecule has 0 atom stereocenters. The van der Waals surface area contributed by atoms with Gasteiger partial charge in [-0.2, -0.15) is 4.98 Å². The number of fused-ring (bicyclic) bond motifs is 1. The Labute approximate surface area is 189 Å².